The van der Waals surface area contributed by atoms with Gasteiger partial charge in [-0.1, -0.05) is 0 Å². The number of rotatable bonds is 5. The summed E-state index contributed by atoms with van der Waals surface area (Å²) in [4.78, 5) is 24.1. The Labute approximate surface area is 187 Å². The first-order chi connectivity index (χ1) is 15.4. The van der Waals surface area contributed by atoms with Gasteiger partial charge in [0.15, 0.2) is 0 Å². The number of likely N-dealkylation sites (N-methyl/N-ethyl adjacent to an activating group) is 1. The zero-order valence-electron chi connectivity index (χ0n) is 18.8. The second kappa shape index (κ2) is 8.20. The van der Waals surface area contributed by atoms with Crippen LogP contribution in [0.25, 0.3) is 22.2 Å². The maximum Gasteiger partial charge on any atom is 0.236 e. The normalized spacial score (nSPS) is 22.9. The molecule has 3 atom stereocenters. The van der Waals surface area contributed by atoms with Gasteiger partial charge in [0.2, 0.25) is 5.91 Å². The smallest absolute Gasteiger partial charge is 0.236 e. The van der Waals surface area contributed by atoms with Crippen LogP contribution < -0.4 is 4.74 Å². The molecule has 2 aliphatic rings. The third-order valence-corrected chi connectivity index (χ3v) is 7.13. The number of amides is 1. The van der Waals surface area contributed by atoms with Gasteiger partial charge in [-0.3, -0.25) is 9.69 Å². The van der Waals surface area contributed by atoms with Crippen LogP contribution in [0.5, 0.6) is 5.75 Å². The Morgan fingerprint density at radius 3 is 2.62 bits per heavy atom. The SMILES string of the molecule is COc1ccc(F)cc1-c1ccnc2[nH]c([C@@H]3C[C@@H]4CN(CC(=O)N(C)C)C[C@@H]4C3)cc12. The Kier molecular flexibility index (Phi) is 5.37. The van der Waals surface area contributed by atoms with E-state index < -0.39 is 0 Å². The van der Waals surface area contributed by atoms with Crippen molar-refractivity contribution in [3.63, 3.8) is 0 Å². The first kappa shape index (κ1) is 20.9. The van der Waals surface area contributed by atoms with Gasteiger partial charge in [0.05, 0.1) is 13.7 Å². The summed E-state index contributed by atoms with van der Waals surface area (Å²) in [5.74, 6) is 2.22. The van der Waals surface area contributed by atoms with Gasteiger partial charge in [-0.15, -0.1) is 0 Å². The van der Waals surface area contributed by atoms with Crippen molar-refractivity contribution in [2.45, 2.75) is 18.8 Å². The van der Waals surface area contributed by atoms with Gasteiger partial charge in [-0.05, 0) is 66.5 Å². The second-order valence-electron chi connectivity index (χ2n) is 9.36. The molecule has 1 saturated carbocycles. The number of carbonyl (C=O) groups is 1. The maximum atomic E-state index is 14.0. The number of nitrogens with one attached hydrogen (secondary N) is 1. The van der Waals surface area contributed by atoms with Crippen molar-refractivity contribution in [2.24, 2.45) is 11.8 Å². The lowest BCUT2D eigenvalue weighted by molar-refractivity contribution is -0.129. The Morgan fingerprint density at radius 2 is 1.94 bits per heavy atom. The average molecular weight is 437 g/mol. The summed E-state index contributed by atoms with van der Waals surface area (Å²) in [6, 6.07) is 8.69. The van der Waals surface area contributed by atoms with Crippen LogP contribution in [0.3, 0.4) is 0 Å². The van der Waals surface area contributed by atoms with Crippen LogP contribution in [0.15, 0.2) is 36.5 Å². The van der Waals surface area contributed by atoms with Gasteiger partial charge in [0, 0.05) is 50.0 Å². The zero-order valence-corrected chi connectivity index (χ0v) is 18.8. The molecule has 1 aromatic carbocycles. The van der Waals surface area contributed by atoms with Gasteiger partial charge in [0.1, 0.15) is 17.2 Å². The molecule has 1 saturated heterocycles. The molecule has 1 aliphatic carbocycles. The van der Waals surface area contributed by atoms with Crippen molar-refractivity contribution in [3.8, 4) is 16.9 Å². The number of methoxy groups -OCH3 is 1. The molecule has 7 heteroatoms. The number of fused-ring (bicyclic) bond motifs is 2. The Bertz CT molecular complexity index is 1140. The number of ether oxygens (including phenoxy) is 1. The number of hydrogen-bond donors (Lipinski definition) is 1. The second-order valence-corrected chi connectivity index (χ2v) is 9.36. The highest BCUT2D eigenvalue weighted by Crippen LogP contribution is 2.47. The summed E-state index contributed by atoms with van der Waals surface area (Å²) < 4.78 is 19.5. The average Bonchev–Trinajstić information content (AvgIpc) is 3.45. The monoisotopic (exact) mass is 436 g/mol. The fourth-order valence-corrected chi connectivity index (χ4v) is 5.51. The highest BCUT2D eigenvalue weighted by molar-refractivity contribution is 5.95. The standard InChI is InChI=1S/C25H29FN4O2/c1-29(2)24(31)14-30-12-16-8-15(9-17(16)13-30)22-11-21-19(6-7-27-25(21)28-22)20-10-18(26)4-5-23(20)32-3/h4-7,10-11,15-17H,8-9,12-14H2,1-3H3,(H,27,28)/t15-,16-,17+. The number of carbonyl (C=O) groups excluding carboxylic acids is 1. The molecule has 0 spiro atoms. The van der Waals surface area contributed by atoms with Crippen molar-refractivity contribution < 1.29 is 13.9 Å². The van der Waals surface area contributed by atoms with Gasteiger partial charge in [-0.25, -0.2) is 9.37 Å². The quantitative estimate of drug-likeness (QED) is 0.659. The van der Waals surface area contributed by atoms with Crippen molar-refractivity contribution >= 4 is 16.9 Å². The molecule has 32 heavy (non-hydrogen) atoms. The van der Waals surface area contributed by atoms with E-state index in [9.17, 15) is 9.18 Å². The fourth-order valence-electron chi connectivity index (χ4n) is 5.51. The lowest BCUT2D eigenvalue weighted by Gasteiger charge is -2.20. The molecule has 0 bridgehead atoms. The lowest BCUT2D eigenvalue weighted by Crippen LogP contribution is -2.35. The van der Waals surface area contributed by atoms with E-state index in [0.717, 1.165) is 48.1 Å². The first-order valence-electron chi connectivity index (χ1n) is 11.2. The third kappa shape index (κ3) is 3.75. The summed E-state index contributed by atoms with van der Waals surface area (Å²) in [6.07, 6.45) is 3.98. The summed E-state index contributed by atoms with van der Waals surface area (Å²) in [5.41, 5.74) is 3.66. The number of aromatic amines is 1. The number of benzene rings is 1. The topological polar surface area (TPSA) is 61.5 Å². The first-order valence-corrected chi connectivity index (χ1v) is 11.2. The van der Waals surface area contributed by atoms with Gasteiger partial charge in [0.25, 0.3) is 0 Å². The number of likely N-dealkylation sites (tertiary alicyclic amines) is 1. The van der Waals surface area contributed by atoms with E-state index in [-0.39, 0.29) is 11.7 Å². The van der Waals surface area contributed by atoms with E-state index in [1.165, 1.54) is 17.8 Å². The van der Waals surface area contributed by atoms with E-state index in [4.69, 9.17) is 4.74 Å². The number of aromatic nitrogens is 2. The molecule has 0 unspecified atom stereocenters. The van der Waals surface area contributed by atoms with E-state index in [1.54, 1.807) is 24.3 Å². The molecule has 2 aromatic heterocycles. The predicted molar refractivity (Wildman–Crippen MR) is 122 cm³/mol. The highest BCUT2D eigenvalue weighted by Gasteiger charge is 2.42. The predicted octanol–water partition coefficient (Wildman–Crippen LogP) is 3.89. The van der Waals surface area contributed by atoms with E-state index in [0.29, 0.717) is 30.0 Å². The van der Waals surface area contributed by atoms with E-state index in [1.807, 2.05) is 20.2 Å². The van der Waals surface area contributed by atoms with Crippen LogP contribution >= 0.6 is 0 Å². The van der Waals surface area contributed by atoms with Crippen molar-refractivity contribution in [2.75, 3.05) is 40.8 Å². The summed E-state index contributed by atoms with van der Waals surface area (Å²) in [5, 5.41) is 0.988. The molecule has 1 aliphatic heterocycles. The molecule has 2 fully saturated rings. The van der Waals surface area contributed by atoms with E-state index >= 15 is 0 Å². The van der Waals surface area contributed by atoms with E-state index in [2.05, 4.69) is 20.9 Å². The molecule has 1 amide bonds. The van der Waals surface area contributed by atoms with Crippen molar-refractivity contribution in [3.05, 3.63) is 48.0 Å². The van der Waals surface area contributed by atoms with Crippen LogP contribution in [0.4, 0.5) is 4.39 Å². The molecule has 5 rings (SSSR count). The lowest BCUT2D eigenvalue weighted by atomic mass is 9.99. The van der Waals surface area contributed by atoms with Crippen LogP contribution in [-0.2, 0) is 4.79 Å². The molecular weight excluding hydrogens is 407 g/mol. The molecule has 0 radical (unpaired) electrons. The van der Waals surface area contributed by atoms with Crippen LogP contribution in [-0.4, -0.2) is 66.5 Å². The number of nitrogens with zero attached hydrogens (tertiary/aromatic N) is 3. The molecule has 3 aromatic rings. The number of pyridine rings is 1. The molecule has 6 nitrogen and oxygen atoms in total. The molecule has 1 N–H and O–H groups in total. The Hall–Kier alpha value is -2.93. The minimum Gasteiger partial charge on any atom is -0.496 e. The largest absolute Gasteiger partial charge is 0.496 e. The number of H-pyrrole nitrogens is 1. The Morgan fingerprint density at radius 1 is 1.19 bits per heavy atom. The number of halogens is 1. The minimum atomic E-state index is -0.289. The molecular formula is C25H29FN4O2. The molecule has 168 valence electrons. The van der Waals surface area contributed by atoms with Crippen molar-refractivity contribution in [1.29, 1.82) is 0 Å². The summed E-state index contributed by atoms with van der Waals surface area (Å²) in [7, 11) is 5.23. The van der Waals surface area contributed by atoms with Gasteiger partial charge < -0.3 is 14.6 Å². The minimum absolute atomic E-state index is 0.170. The van der Waals surface area contributed by atoms with Crippen molar-refractivity contribution in [1.82, 2.24) is 19.8 Å². The van der Waals surface area contributed by atoms with Gasteiger partial charge >= 0.3 is 0 Å². The van der Waals surface area contributed by atoms with Gasteiger partial charge in [-0.2, -0.15) is 0 Å². The maximum absolute atomic E-state index is 14.0. The number of hydrogen-bond acceptors (Lipinski definition) is 4. The summed E-state index contributed by atoms with van der Waals surface area (Å²) >= 11 is 0. The van der Waals surface area contributed by atoms with Crippen LogP contribution in [0.1, 0.15) is 24.5 Å². The van der Waals surface area contributed by atoms with Crippen LogP contribution in [0.2, 0.25) is 0 Å². The zero-order chi connectivity index (χ0) is 22.4. The highest BCUT2D eigenvalue weighted by atomic mass is 19.1. The fraction of sp³-hybridized carbons (Fsp3) is 0.440. The summed E-state index contributed by atoms with van der Waals surface area (Å²) in [6.45, 7) is 2.50. The van der Waals surface area contributed by atoms with Crippen LogP contribution in [0, 0.1) is 17.7 Å². The third-order valence-electron chi connectivity index (χ3n) is 7.13. The Balaban J connectivity index is 1.37. The molecule has 3 heterocycles.